The minimum Gasteiger partial charge on any atom is -0.495 e. The maximum atomic E-state index is 12.3. The molecule has 0 aliphatic rings. The minimum atomic E-state index is -0.238. The van der Waals surface area contributed by atoms with Crippen LogP contribution in [0.4, 0.5) is 11.4 Å². The Morgan fingerprint density at radius 1 is 1.16 bits per heavy atom. The van der Waals surface area contributed by atoms with Gasteiger partial charge in [0, 0.05) is 18.0 Å². The molecule has 3 rings (SSSR count). The van der Waals surface area contributed by atoms with Crippen LogP contribution >= 0.6 is 0 Å². The van der Waals surface area contributed by atoms with Crippen molar-refractivity contribution in [2.45, 2.75) is 13.3 Å². The molecule has 7 heteroatoms. The Kier molecular flexibility index (Phi) is 4.65. The number of anilines is 2. The largest absolute Gasteiger partial charge is 0.495 e. The summed E-state index contributed by atoms with van der Waals surface area (Å²) in [5, 5.41) is 10.2. The molecule has 0 aliphatic carbocycles. The van der Waals surface area contributed by atoms with Crippen LogP contribution in [0.1, 0.15) is 12.6 Å². The van der Waals surface area contributed by atoms with E-state index < -0.39 is 0 Å². The van der Waals surface area contributed by atoms with E-state index in [1.807, 2.05) is 18.2 Å². The highest BCUT2D eigenvalue weighted by Gasteiger charge is 2.13. The van der Waals surface area contributed by atoms with Gasteiger partial charge in [0.25, 0.3) is 0 Å². The number of hydrogen-bond donors (Lipinski definition) is 2. The van der Waals surface area contributed by atoms with Gasteiger partial charge in [0.2, 0.25) is 11.8 Å². The van der Waals surface area contributed by atoms with Crippen molar-refractivity contribution in [1.82, 2.24) is 5.16 Å². The van der Waals surface area contributed by atoms with Crippen LogP contribution in [0, 0.1) is 0 Å². The number of hydrogen-bond acceptors (Lipinski definition) is 5. The zero-order chi connectivity index (χ0) is 17.8. The SMILES string of the molecule is COc1ccc(NC(=O)Cc2noc3ccccc23)cc1NC(C)=O. The Labute approximate surface area is 143 Å². The van der Waals surface area contributed by atoms with Gasteiger partial charge in [0.05, 0.1) is 19.2 Å². The lowest BCUT2D eigenvalue weighted by molar-refractivity contribution is -0.116. The van der Waals surface area contributed by atoms with E-state index in [4.69, 9.17) is 9.26 Å². The van der Waals surface area contributed by atoms with Gasteiger partial charge in [-0.1, -0.05) is 17.3 Å². The summed E-state index contributed by atoms with van der Waals surface area (Å²) >= 11 is 0. The van der Waals surface area contributed by atoms with E-state index in [0.29, 0.717) is 28.4 Å². The Hall–Kier alpha value is -3.35. The van der Waals surface area contributed by atoms with Crippen LogP contribution in [0.5, 0.6) is 5.75 Å². The lowest BCUT2D eigenvalue weighted by Gasteiger charge is -2.11. The molecule has 2 aromatic carbocycles. The van der Waals surface area contributed by atoms with E-state index in [1.165, 1.54) is 14.0 Å². The summed E-state index contributed by atoms with van der Waals surface area (Å²) in [5.74, 6) is 0.0459. The fourth-order valence-corrected chi connectivity index (χ4v) is 2.50. The van der Waals surface area contributed by atoms with Crippen LogP contribution in [0.3, 0.4) is 0 Å². The number of rotatable bonds is 5. The van der Waals surface area contributed by atoms with Crippen molar-refractivity contribution in [1.29, 1.82) is 0 Å². The molecule has 0 unspecified atom stereocenters. The Balaban J connectivity index is 1.75. The summed E-state index contributed by atoms with van der Waals surface area (Å²) in [5.41, 5.74) is 2.24. The van der Waals surface area contributed by atoms with Crippen molar-refractivity contribution in [3.63, 3.8) is 0 Å². The number of carbonyl (C=O) groups is 2. The zero-order valence-corrected chi connectivity index (χ0v) is 13.8. The summed E-state index contributed by atoms with van der Waals surface area (Å²) in [6.45, 7) is 1.40. The number of carbonyl (C=O) groups excluding carboxylic acids is 2. The predicted molar refractivity (Wildman–Crippen MR) is 93.6 cm³/mol. The second-order valence-corrected chi connectivity index (χ2v) is 5.45. The fourth-order valence-electron chi connectivity index (χ4n) is 2.50. The molecule has 0 spiro atoms. The van der Waals surface area contributed by atoms with Gasteiger partial charge in [-0.15, -0.1) is 0 Å². The third-order valence-corrected chi connectivity index (χ3v) is 3.57. The Morgan fingerprint density at radius 3 is 2.72 bits per heavy atom. The summed E-state index contributed by atoms with van der Waals surface area (Å²) in [4.78, 5) is 23.6. The Bertz CT molecular complexity index is 933. The Morgan fingerprint density at radius 2 is 1.96 bits per heavy atom. The molecule has 0 saturated heterocycles. The standard InChI is InChI=1S/C18H17N3O4/c1-11(22)19-15-9-12(7-8-17(15)24-2)20-18(23)10-14-13-5-3-4-6-16(13)25-21-14/h3-9H,10H2,1-2H3,(H,19,22)(H,20,23). The van der Waals surface area contributed by atoms with Crippen LogP contribution < -0.4 is 15.4 Å². The predicted octanol–water partition coefficient (Wildman–Crippen LogP) is 2.98. The van der Waals surface area contributed by atoms with E-state index in [2.05, 4.69) is 15.8 Å². The number of aromatic nitrogens is 1. The average molecular weight is 339 g/mol. The van der Waals surface area contributed by atoms with Crippen molar-refractivity contribution in [3.05, 3.63) is 48.2 Å². The molecule has 0 radical (unpaired) electrons. The number of fused-ring (bicyclic) bond motifs is 1. The van der Waals surface area contributed by atoms with Crippen LogP contribution in [0.25, 0.3) is 11.0 Å². The van der Waals surface area contributed by atoms with Crippen LogP contribution in [-0.2, 0) is 16.0 Å². The molecule has 0 saturated carbocycles. The minimum absolute atomic E-state index is 0.0819. The maximum Gasteiger partial charge on any atom is 0.230 e. The number of ether oxygens (including phenoxy) is 1. The fraction of sp³-hybridized carbons (Fsp3) is 0.167. The maximum absolute atomic E-state index is 12.3. The van der Waals surface area contributed by atoms with Gasteiger partial charge in [0.1, 0.15) is 11.4 Å². The summed E-state index contributed by atoms with van der Waals surface area (Å²) in [7, 11) is 1.51. The first-order valence-electron chi connectivity index (χ1n) is 7.65. The molecule has 1 heterocycles. The smallest absolute Gasteiger partial charge is 0.230 e. The third kappa shape index (κ3) is 3.77. The lowest BCUT2D eigenvalue weighted by atomic mass is 10.1. The highest BCUT2D eigenvalue weighted by molar-refractivity contribution is 5.96. The van der Waals surface area contributed by atoms with Gasteiger partial charge in [-0.05, 0) is 30.3 Å². The highest BCUT2D eigenvalue weighted by atomic mass is 16.5. The van der Waals surface area contributed by atoms with Gasteiger partial charge in [0.15, 0.2) is 5.58 Å². The van der Waals surface area contributed by atoms with Gasteiger partial charge >= 0.3 is 0 Å². The van der Waals surface area contributed by atoms with Crippen molar-refractivity contribution in [2.75, 3.05) is 17.7 Å². The second-order valence-electron chi connectivity index (χ2n) is 5.45. The highest BCUT2D eigenvalue weighted by Crippen LogP contribution is 2.28. The van der Waals surface area contributed by atoms with E-state index in [-0.39, 0.29) is 18.2 Å². The molecule has 0 bridgehead atoms. The first-order chi connectivity index (χ1) is 12.1. The molecular formula is C18H17N3O4. The van der Waals surface area contributed by atoms with E-state index in [1.54, 1.807) is 24.3 Å². The molecule has 2 amide bonds. The van der Waals surface area contributed by atoms with E-state index in [9.17, 15) is 9.59 Å². The third-order valence-electron chi connectivity index (χ3n) is 3.57. The van der Waals surface area contributed by atoms with Gasteiger partial charge in [-0.25, -0.2) is 0 Å². The van der Waals surface area contributed by atoms with Crippen molar-refractivity contribution >= 4 is 34.2 Å². The molecule has 0 aliphatic heterocycles. The number of para-hydroxylation sites is 1. The number of benzene rings is 2. The summed E-state index contributed by atoms with van der Waals surface area (Å²) in [6, 6.07) is 12.4. The van der Waals surface area contributed by atoms with Crippen LogP contribution in [0.15, 0.2) is 47.0 Å². The zero-order valence-electron chi connectivity index (χ0n) is 13.8. The van der Waals surface area contributed by atoms with Crippen molar-refractivity contribution in [3.8, 4) is 5.75 Å². The molecule has 128 valence electrons. The molecule has 3 aromatic rings. The van der Waals surface area contributed by atoms with E-state index in [0.717, 1.165) is 5.39 Å². The van der Waals surface area contributed by atoms with Gasteiger partial charge in [-0.3, -0.25) is 9.59 Å². The second kappa shape index (κ2) is 7.04. The monoisotopic (exact) mass is 339 g/mol. The number of amides is 2. The molecule has 1 aromatic heterocycles. The van der Waals surface area contributed by atoms with Crippen LogP contribution in [-0.4, -0.2) is 24.1 Å². The molecule has 25 heavy (non-hydrogen) atoms. The van der Waals surface area contributed by atoms with Crippen molar-refractivity contribution in [2.24, 2.45) is 0 Å². The average Bonchev–Trinajstić information content (AvgIpc) is 2.98. The normalized spacial score (nSPS) is 10.5. The number of nitrogens with zero attached hydrogens (tertiary/aromatic N) is 1. The molecule has 0 atom stereocenters. The van der Waals surface area contributed by atoms with E-state index >= 15 is 0 Å². The molecule has 2 N–H and O–H groups in total. The quantitative estimate of drug-likeness (QED) is 0.745. The first kappa shape index (κ1) is 16.5. The summed E-state index contributed by atoms with van der Waals surface area (Å²) in [6.07, 6.45) is 0.0819. The molecular weight excluding hydrogens is 322 g/mol. The van der Waals surface area contributed by atoms with Gasteiger partial charge < -0.3 is 19.9 Å². The van der Waals surface area contributed by atoms with Crippen molar-refractivity contribution < 1.29 is 18.8 Å². The molecule has 7 nitrogen and oxygen atoms in total. The van der Waals surface area contributed by atoms with Gasteiger partial charge in [-0.2, -0.15) is 0 Å². The number of methoxy groups -OCH3 is 1. The topological polar surface area (TPSA) is 93.5 Å². The number of nitrogens with one attached hydrogen (secondary N) is 2. The first-order valence-corrected chi connectivity index (χ1v) is 7.65. The molecule has 0 fully saturated rings. The van der Waals surface area contributed by atoms with Crippen LogP contribution in [0.2, 0.25) is 0 Å². The lowest BCUT2D eigenvalue weighted by Crippen LogP contribution is -2.15. The summed E-state index contributed by atoms with van der Waals surface area (Å²) < 4.78 is 10.4.